The lowest BCUT2D eigenvalue weighted by atomic mass is 10.0. The fourth-order valence-corrected chi connectivity index (χ4v) is 2.72. The average Bonchev–Trinajstić information content (AvgIpc) is 2.61. The standard InChI is InChI=1S/C21H21FN2/c1-16(24-15-18-3-2-4-21(22)14-18)13-17-5-7-19(8-6-17)20-9-11-23-12-10-20/h2-3,5-12,14,21,24H,1,4,13,15H2. The summed E-state index contributed by atoms with van der Waals surface area (Å²) in [6, 6.07) is 12.4. The topological polar surface area (TPSA) is 24.9 Å². The van der Waals surface area contributed by atoms with Crippen LogP contribution in [0.2, 0.25) is 0 Å². The molecule has 1 aliphatic rings. The van der Waals surface area contributed by atoms with Gasteiger partial charge in [-0.1, -0.05) is 43.0 Å². The highest BCUT2D eigenvalue weighted by Crippen LogP contribution is 2.19. The van der Waals surface area contributed by atoms with Crippen molar-refractivity contribution in [1.29, 1.82) is 0 Å². The zero-order valence-corrected chi connectivity index (χ0v) is 13.6. The summed E-state index contributed by atoms with van der Waals surface area (Å²) in [5, 5.41) is 3.28. The summed E-state index contributed by atoms with van der Waals surface area (Å²) >= 11 is 0. The van der Waals surface area contributed by atoms with Crippen molar-refractivity contribution in [2.24, 2.45) is 0 Å². The maximum atomic E-state index is 13.3. The van der Waals surface area contributed by atoms with E-state index in [1.54, 1.807) is 18.5 Å². The maximum Gasteiger partial charge on any atom is 0.122 e. The van der Waals surface area contributed by atoms with Crippen LogP contribution in [-0.4, -0.2) is 17.7 Å². The molecule has 2 aromatic rings. The minimum absolute atomic E-state index is 0.480. The Morgan fingerprint density at radius 3 is 2.54 bits per heavy atom. The lowest BCUT2D eigenvalue weighted by molar-refractivity contribution is 0.399. The van der Waals surface area contributed by atoms with Crippen LogP contribution in [0.1, 0.15) is 12.0 Å². The number of allylic oxidation sites excluding steroid dienone is 3. The highest BCUT2D eigenvalue weighted by molar-refractivity contribution is 5.62. The van der Waals surface area contributed by atoms with Crippen molar-refractivity contribution in [2.75, 3.05) is 6.54 Å². The van der Waals surface area contributed by atoms with E-state index in [0.717, 1.165) is 23.3 Å². The third-order valence-corrected chi connectivity index (χ3v) is 4.02. The molecular weight excluding hydrogens is 299 g/mol. The van der Waals surface area contributed by atoms with Crippen LogP contribution >= 0.6 is 0 Å². The average molecular weight is 320 g/mol. The molecule has 1 aliphatic carbocycles. The summed E-state index contributed by atoms with van der Waals surface area (Å²) in [5.74, 6) is 0. The van der Waals surface area contributed by atoms with E-state index in [1.807, 2.05) is 24.3 Å². The molecule has 24 heavy (non-hydrogen) atoms. The van der Waals surface area contributed by atoms with Crippen LogP contribution in [0.15, 0.2) is 84.9 Å². The number of halogens is 1. The number of nitrogens with one attached hydrogen (secondary N) is 1. The largest absolute Gasteiger partial charge is 0.384 e. The zero-order chi connectivity index (χ0) is 16.8. The number of aromatic nitrogens is 1. The molecule has 3 rings (SSSR count). The number of hydrogen-bond acceptors (Lipinski definition) is 2. The van der Waals surface area contributed by atoms with Crippen molar-refractivity contribution < 1.29 is 4.39 Å². The highest BCUT2D eigenvalue weighted by Gasteiger charge is 2.07. The predicted octanol–water partition coefficient (Wildman–Crippen LogP) is 4.62. The quantitative estimate of drug-likeness (QED) is 0.840. The van der Waals surface area contributed by atoms with Gasteiger partial charge in [-0.05, 0) is 40.5 Å². The molecule has 2 nitrogen and oxygen atoms in total. The third kappa shape index (κ3) is 4.42. The van der Waals surface area contributed by atoms with Gasteiger partial charge in [0.2, 0.25) is 0 Å². The van der Waals surface area contributed by atoms with Crippen LogP contribution in [0.25, 0.3) is 11.1 Å². The summed E-state index contributed by atoms with van der Waals surface area (Å²) in [6.45, 7) is 4.69. The first kappa shape index (κ1) is 16.2. The molecule has 1 aromatic carbocycles. The van der Waals surface area contributed by atoms with Crippen molar-refractivity contribution in [3.05, 3.63) is 90.4 Å². The molecule has 0 saturated carbocycles. The molecule has 122 valence electrons. The first-order valence-electron chi connectivity index (χ1n) is 8.13. The monoisotopic (exact) mass is 320 g/mol. The molecule has 3 heteroatoms. The SMILES string of the molecule is C=C(Cc1ccc(-c2ccncc2)cc1)NCC1=CC(F)CC=C1. The predicted molar refractivity (Wildman–Crippen MR) is 97.3 cm³/mol. The van der Waals surface area contributed by atoms with Crippen molar-refractivity contribution >= 4 is 0 Å². The molecule has 1 atom stereocenters. The Balaban J connectivity index is 1.54. The maximum absolute atomic E-state index is 13.3. The first-order valence-corrected chi connectivity index (χ1v) is 8.13. The van der Waals surface area contributed by atoms with Crippen molar-refractivity contribution in [3.8, 4) is 11.1 Å². The van der Waals surface area contributed by atoms with E-state index < -0.39 is 6.17 Å². The van der Waals surface area contributed by atoms with E-state index in [1.165, 1.54) is 11.1 Å². The van der Waals surface area contributed by atoms with E-state index in [0.29, 0.717) is 13.0 Å². The van der Waals surface area contributed by atoms with E-state index in [-0.39, 0.29) is 0 Å². The minimum atomic E-state index is -0.860. The number of nitrogens with zero attached hydrogens (tertiary/aromatic N) is 1. The second kappa shape index (κ2) is 7.73. The van der Waals surface area contributed by atoms with Gasteiger partial charge in [-0.3, -0.25) is 4.98 Å². The van der Waals surface area contributed by atoms with Crippen LogP contribution in [-0.2, 0) is 6.42 Å². The van der Waals surface area contributed by atoms with E-state index in [9.17, 15) is 4.39 Å². The normalized spacial score (nSPS) is 16.5. The lowest BCUT2D eigenvalue weighted by Crippen LogP contribution is -2.18. The van der Waals surface area contributed by atoms with Crippen molar-refractivity contribution in [1.82, 2.24) is 10.3 Å². The number of benzene rings is 1. The first-order chi connectivity index (χ1) is 11.7. The van der Waals surface area contributed by atoms with Crippen LogP contribution in [0.4, 0.5) is 4.39 Å². The van der Waals surface area contributed by atoms with Gasteiger partial charge in [-0.25, -0.2) is 4.39 Å². The van der Waals surface area contributed by atoms with Gasteiger partial charge in [0, 0.05) is 37.5 Å². The Bertz CT molecular complexity index is 745. The molecular formula is C21H21FN2. The Labute approximate surface area is 142 Å². The third-order valence-electron chi connectivity index (χ3n) is 4.02. The molecule has 1 heterocycles. The van der Waals surface area contributed by atoms with Crippen molar-refractivity contribution in [2.45, 2.75) is 19.0 Å². The highest BCUT2D eigenvalue weighted by atomic mass is 19.1. The van der Waals surface area contributed by atoms with Gasteiger partial charge >= 0.3 is 0 Å². The van der Waals surface area contributed by atoms with E-state index in [4.69, 9.17) is 0 Å². The fraction of sp³-hybridized carbons (Fsp3) is 0.190. The second-order valence-corrected chi connectivity index (χ2v) is 5.96. The summed E-state index contributed by atoms with van der Waals surface area (Å²) in [4.78, 5) is 4.04. The van der Waals surface area contributed by atoms with Gasteiger partial charge in [-0.15, -0.1) is 0 Å². The Hall–Kier alpha value is -2.68. The minimum Gasteiger partial charge on any atom is -0.384 e. The Morgan fingerprint density at radius 2 is 1.83 bits per heavy atom. The lowest BCUT2D eigenvalue weighted by Gasteiger charge is -2.14. The molecule has 0 spiro atoms. The van der Waals surface area contributed by atoms with Crippen LogP contribution in [0, 0.1) is 0 Å². The number of alkyl halides is 1. The second-order valence-electron chi connectivity index (χ2n) is 5.96. The fourth-order valence-electron chi connectivity index (χ4n) is 2.72. The molecule has 0 bridgehead atoms. The smallest absolute Gasteiger partial charge is 0.122 e. The number of hydrogen-bond donors (Lipinski definition) is 1. The Morgan fingerprint density at radius 1 is 1.12 bits per heavy atom. The van der Waals surface area contributed by atoms with Gasteiger partial charge in [0.15, 0.2) is 0 Å². The van der Waals surface area contributed by atoms with E-state index >= 15 is 0 Å². The van der Waals surface area contributed by atoms with Crippen LogP contribution in [0.3, 0.4) is 0 Å². The number of rotatable bonds is 6. The molecule has 0 aliphatic heterocycles. The van der Waals surface area contributed by atoms with Gasteiger partial charge in [-0.2, -0.15) is 0 Å². The van der Waals surface area contributed by atoms with Gasteiger partial charge < -0.3 is 5.32 Å². The van der Waals surface area contributed by atoms with E-state index in [2.05, 4.69) is 41.1 Å². The summed E-state index contributed by atoms with van der Waals surface area (Å²) in [6.07, 6.45) is 9.49. The van der Waals surface area contributed by atoms with Crippen LogP contribution < -0.4 is 5.32 Å². The molecule has 1 aromatic heterocycles. The van der Waals surface area contributed by atoms with Gasteiger partial charge in [0.25, 0.3) is 0 Å². The van der Waals surface area contributed by atoms with Crippen molar-refractivity contribution in [3.63, 3.8) is 0 Å². The van der Waals surface area contributed by atoms with Crippen LogP contribution in [0.5, 0.6) is 0 Å². The molecule has 0 amide bonds. The Kier molecular flexibility index (Phi) is 5.22. The molecule has 0 radical (unpaired) electrons. The molecule has 0 saturated heterocycles. The molecule has 0 fully saturated rings. The van der Waals surface area contributed by atoms with Gasteiger partial charge in [0.1, 0.15) is 6.17 Å². The molecule has 1 N–H and O–H groups in total. The van der Waals surface area contributed by atoms with Gasteiger partial charge in [0.05, 0.1) is 0 Å². The number of pyridine rings is 1. The molecule has 1 unspecified atom stereocenters. The summed E-state index contributed by atoms with van der Waals surface area (Å²) in [7, 11) is 0. The zero-order valence-electron chi connectivity index (χ0n) is 13.6. The summed E-state index contributed by atoms with van der Waals surface area (Å²) < 4.78 is 13.3. The summed E-state index contributed by atoms with van der Waals surface area (Å²) in [5.41, 5.74) is 5.43.